The quantitative estimate of drug-likeness (QED) is 0.876. The molecule has 1 heterocycles. The Morgan fingerprint density at radius 2 is 2.37 bits per heavy atom. The number of ether oxygens (including phenoxy) is 1. The van der Waals surface area contributed by atoms with E-state index in [1.165, 1.54) is 0 Å². The molecule has 1 aliphatic heterocycles. The molecule has 5 nitrogen and oxygen atoms in total. The lowest BCUT2D eigenvalue weighted by Gasteiger charge is -2.38. The standard InChI is InChI=1S/C13H14ClN3O2/c1-13(7-16-8-13)19-6-12(18)17-10-3-2-9(5-15)11(14)4-10/h2-4,16H,6-8H2,1H3,(H,17,18). The number of benzene rings is 1. The van der Waals surface area contributed by atoms with Gasteiger partial charge in [-0.05, 0) is 25.1 Å². The molecule has 0 bridgehead atoms. The molecule has 0 saturated carbocycles. The van der Waals surface area contributed by atoms with Crippen molar-refractivity contribution in [1.29, 1.82) is 5.26 Å². The summed E-state index contributed by atoms with van der Waals surface area (Å²) < 4.78 is 5.51. The second-order valence-corrected chi connectivity index (χ2v) is 5.10. The minimum absolute atomic E-state index is 0.00417. The van der Waals surface area contributed by atoms with Gasteiger partial charge in [0.1, 0.15) is 12.7 Å². The zero-order chi connectivity index (χ0) is 13.9. The Morgan fingerprint density at radius 3 is 2.89 bits per heavy atom. The molecule has 0 spiro atoms. The largest absolute Gasteiger partial charge is 0.363 e. The van der Waals surface area contributed by atoms with Crippen molar-refractivity contribution in [2.24, 2.45) is 0 Å². The maximum Gasteiger partial charge on any atom is 0.250 e. The molecular formula is C13H14ClN3O2. The van der Waals surface area contributed by atoms with Crippen molar-refractivity contribution in [3.8, 4) is 6.07 Å². The zero-order valence-corrected chi connectivity index (χ0v) is 11.3. The third-order valence-corrected chi connectivity index (χ3v) is 3.24. The van der Waals surface area contributed by atoms with Crippen LogP contribution >= 0.6 is 11.6 Å². The SMILES string of the molecule is CC1(OCC(=O)Nc2ccc(C#N)c(Cl)c2)CNC1. The molecule has 2 N–H and O–H groups in total. The van der Waals surface area contributed by atoms with Crippen LogP contribution in [0.3, 0.4) is 0 Å². The first-order chi connectivity index (χ1) is 9.02. The van der Waals surface area contributed by atoms with Crippen LogP contribution in [0.4, 0.5) is 5.69 Å². The van der Waals surface area contributed by atoms with Crippen molar-refractivity contribution >= 4 is 23.2 Å². The number of nitriles is 1. The summed E-state index contributed by atoms with van der Waals surface area (Å²) in [5, 5.41) is 14.8. The maximum absolute atomic E-state index is 11.7. The van der Waals surface area contributed by atoms with Gasteiger partial charge in [0.15, 0.2) is 0 Å². The van der Waals surface area contributed by atoms with Crippen molar-refractivity contribution < 1.29 is 9.53 Å². The smallest absolute Gasteiger partial charge is 0.250 e. The average molecular weight is 280 g/mol. The highest BCUT2D eigenvalue weighted by molar-refractivity contribution is 6.32. The number of rotatable bonds is 4. The topological polar surface area (TPSA) is 74.1 Å². The van der Waals surface area contributed by atoms with Gasteiger partial charge in [0.2, 0.25) is 5.91 Å². The first kappa shape index (κ1) is 13.8. The molecule has 1 aromatic carbocycles. The van der Waals surface area contributed by atoms with E-state index in [4.69, 9.17) is 21.6 Å². The third kappa shape index (κ3) is 3.44. The zero-order valence-electron chi connectivity index (χ0n) is 10.5. The number of halogens is 1. The maximum atomic E-state index is 11.7. The van der Waals surface area contributed by atoms with E-state index in [-0.39, 0.29) is 18.1 Å². The fourth-order valence-corrected chi connectivity index (χ4v) is 1.92. The number of nitrogens with one attached hydrogen (secondary N) is 2. The summed E-state index contributed by atoms with van der Waals surface area (Å²) in [4.78, 5) is 11.7. The lowest BCUT2D eigenvalue weighted by atomic mass is 10.0. The Labute approximate surface area is 116 Å². The van der Waals surface area contributed by atoms with E-state index in [2.05, 4.69) is 10.6 Å². The molecule has 1 saturated heterocycles. The predicted molar refractivity (Wildman–Crippen MR) is 72.0 cm³/mol. The number of nitrogens with zero attached hydrogens (tertiary/aromatic N) is 1. The minimum atomic E-state index is -0.250. The Bertz CT molecular complexity index is 535. The summed E-state index contributed by atoms with van der Waals surface area (Å²) in [5.74, 6) is -0.242. The molecule has 0 atom stereocenters. The Morgan fingerprint density at radius 1 is 1.63 bits per heavy atom. The number of anilines is 1. The highest BCUT2D eigenvalue weighted by atomic mass is 35.5. The van der Waals surface area contributed by atoms with Crippen LogP contribution in [0.5, 0.6) is 0 Å². The van der Waals surface area contributed by atoms with E-state index >= 15 is 0 Å². The lowest BCUT2D eigenvalue weighted by Crippen LogP contribution is -2.59. The molecule has 6 heteroatoms. The normalized spacial score (nSPS) is 16.3. The number of hydrogen-bond donors (Lipinski definition) is 2. The molecular weight excluding hydrogens is 266 g/mol. The second kappa shape index (κ2) is 5.57. The second-order valence-electron chi connectivity index (χ2n) is 4.70. The molecule has 1 aliphatic rings. The lowest BCUT2D eigenvalue weighted by molar-refractivity contribution is -0.130. The van der Waals surface area contributed by atoms with E-state index < -0.39 is 0 Å². The van der Waals surface area contributed by atoms with E-state index in [0.29, 0.717) is 16.3 Å². The van der Waals surface area contributed by atoms with Gasteiger partial charge in [-0.2, -0.15) is 5.26 Å². The molecule has 0 aromatic heterocycles. The number of carbonyl (C=O) groups is 1. The summed E-state index contributed by atoms with van der Waals surface area (Å²) in [7, 11) is 0. The monoisotopic (exact) mass is 279 g/mol. The highest BCUT2D eigenvalue weighted by Crippen LogP contribution is 2.20. The average Bonchev–Trinajstić information content (AvgIpc) is 2.34. The van der Waals surface area contributed by atoms with E-state index in [9.17, 15) is 4.79 Å². The van der Waals surface area contributed by atoms with Gasteiger partial charge in [0.05, 0.1) is 16.2 Å². The molecule has 1 fully saturated rings. The number of amides is 1. The van der Waals surface area contributed by atoms with Crippen LogP contribution in [0, 0.1) is 11.3 Å². The Kier molecular flexibility index (Phi) is 4.05. The van der Waals surface area contributed by atoms with Crippen LogP contribution in [-0.4, -0.2) is 31.2 Å². The molecule has 1 aromatic rings. The van der Waals surface area contributed by atoms with Gasteiger partial charge in [-0.15, -0.1) is 0 Å². The van der Waals surface area contributed by atoms with Crippen LogP contribution in [-0.2, 0) is 9.53 Å². The van der Waals surface area contributed by atoms with Crippen molar-refractivity contribution in [2.45, 2.75) is 12.5 Å². The van der Waals surface area contributed by atoms with Gasteiger partial charge in [-0.3, -0.25) is 4.79 Å². The van der Waals surface area contributed by atoms with E-state index in [1.807, 2.05) is 13.0 Å². The van der Waals surface area contributed by atoms with Crippen LogP contribution in [0.2, 0.25) is 5.02 Å². The van der Waals surface area contributed by atoms with Gasteiger partial charge < -0.3 is 15.4 Å². The number of carbonyl (C=O) groups excluding carboxylic acids is 1. The van der Waals surface area contributed by atoms with Crippen molar-refractivity contribution in [3.05, 3.63) is 28.8 Å². The molecule has 2 rings (SSSR count). The summed E-state index contributed by atoms with van der Waals surface area (Å²) in [5.41, 5.74) is 0.679. The Hall–Kier alpha value is -1.61. The van der Waals surface area contributed by atoms with Gasteiger partial charge >= 0.3 is 0 Å². The van der Waals surface area contributed by atoms with Crippen LogP contribution in [0.15, 0.2) is 18.2 Å². The molecule has 100 valence electrons. The Balaban J connectivity index is 1.88. The van der Waals surface area contributed by atoms with Gasteiger partial charge in [-0.1, -0.05) is 11.6 Å². The summed E-state index contributed by atoms with van der Waals surface area (Å²) in [6, 6.07) is 6.71. The van der Waals surface area contributed by atoms with Gasteiger partial charge in [-0.25, -0.2) is 0 Å². The van der Waals surface area contributed by atoms with E-state index in [1.54, 1.807) is 18.2 Å². The molecule has 1 amide bonds. The van der Waals surface area contributed by atoms with Gasteiger partial charge in [0, 0.05) is 18.8 Å². The van der Waals surface area contributed by atoms with Crippen LogP contribution in [0.25, 0.3) is 0 Å². The third-order valence-electron chi connectivity index (χ3n) is 2.92. The molecule has 0 radical (unpaired) electrons. The fourth-order valence-electron chi connectivity index (χ4n) is 1.70. The highest BCUT2D eigenvalue weighted by Gasteiger charge is 2.32. The van der Waals surface area contributed by atoms with Crippen molar-refractivity contribution in [3.63, 3.8) is 0 Å². The first-order valence-corrected chi connectivity index (χ1v) is 6.24. The van der Waals surface area contributed by atoms with Crippen molar-refractivity contribution in [1.82, 2.24) is 5.32 Å². The summed E-state index contributed by atoms with van der Waals surface area (Å²) in [6.07, 6.45) is 0. The number of hydrogen-bond acceptors (Lipinski definition) is 4. The summed E-state index contributed by atoms with van der Waals surface area (Å²) in [6.45, 7) is 3.46. The minimum Gasteiger partial charge on any atom is -0.363 e. The van der Waals surface area contributed by atoms with E-state index in [0.717, 1.165) is 13.1 Å². The van der Waals surface area contributed by atoms with Crippen LogP contribution in [0.1, 0.15) is 12.5 Å². The molecule has 0 aliphatic carbocycles. The predicted octanol–water partition coefficient (Wildman–Crippen LogP) is 1.53. The molecule has 0 unspecified atom stereocenters. The fraction of sp³-hybridized carbons (Fsp3) is 0.385. The molecule has 19 heavy (non-hydrogen) atoms. The van der Waals surface area contributed by atoms with Crippen molar-refractivity contribution in [2.75, 3.05) is 25.0 Å². The van der Waals surface area contributed by atoms with Gasteiger partial charge in [0.25, 0.3) is 0 Å². The van der Waals surface area contributed by atoms with Crippen LogP contribution < -0.4 is 10.6 Å². The summed E-state index contributed by atoms with van der Waals surface area (Å²) >= 11 is 5.88. The first-order valence-electron chi connectivity index (χ1n) is 5.87.